The lowest BCUT2D eigenvalue weighted by molar-refractivity contribution is -0.251. The highest BCUT2D eigenvalue weighted by molar-refractivity contribution is 5.73. The molecule has 7 nitrogen and oxygen atoms in total. The summed E-state index contributed by atoms with van der Waals surface area (Å²) in [4.78, 5) is 38.4. The number of amides is 1. The Bertz CT molecular complexity index is 1290. The smallest absolute Gasteiger partial charge is 0.409 e. The van der Waals surface area contributed by atoms with Gasteiger partial charge in [0.05, 0.1) is 19.4 Å². The summed E-state index contributed by atoms with van der Waals surface area (Å²) in [6.45, 7) is 23.5. The minimum Gasteiger partial charge on any atom is -0.481 e. The standard InChI is InChI=1S/C41H67NO6/c1-26(2)27-14-19-41(22-23-47-35(46)42(10)11)21-20-39(8)28(34(27)41)12-13-30-38(7)17-16-31(37(5,6)29(38)15-18-40(30,39)9)48-33(45)25-36(3,4)24-32(43)44/h27-31,34H,1,12-25H2,2-11H3,(H,43,44)/t27-,28+,29-,30+,31-,34+,38-,39+,40+,41+/m0/s1. The molecule has 5 rings (SSSR count). The topological polar surface area (TPSA) is 93.1 Å². The van der Waals surface area contributed by atoms with Crippen LogP contribution in [0.3, 0.4) is 0 Å². The van der Waals surface area contributed by atoms with Gasteiger partial charge in [0.15, 0.2) is 0 Å². The summed E-state index contributed by atoms with van der Waals surface area (Å²) < 4.78 is 12.0. The molecule has 0 aliphatic heterocycles. The Kier molecular flexibility index (Phi) is 9.78. The van der Waals surface area contributed by atoms with Crippen LogP contribution >= 0.6 is 0 Å². The third-order valence-corrected chi connectivity index (χ3v) is 15.9. The number of allylic oxidation sites excluding steroid dienone is 1. The lowest BCUT2D eigenvalue weighted by Crippen LogP contribution is -2.66. The van der Waals surface area contributed by atoms with Gasteiger partial charge in [-0.25, -0.2) is 4.79 Å². The molecule has 10 atom stereocenters. The van der Waals surface area contributed by atoms with Crippen molar-refractivity contribution in [2.24, 2.45) is 62.1 Å². The van der Waals surface area contributed by atoms with Crippen LogP contribution in [0.4, 0.5) is 4.79 Å². The normalized spacial score (nSPS) is 41.5. The van der Waals surface area contributed by atoms with E-state index in [9.17, 15) is 19.5 Å². The molecule has 0 heterocycles. The molecule has 272 valence electrons. The zero-order valence-corrected chi connectivity index (χ0v) is 32.0. The maximum absolute atomic E-state index is 13.2. The van der Waals surface area contributed by atoms with E-state index in [0.717, 1.165) is 25.7 Å². The van der Waals surface area contributed by atoms with Gasteiger partial charge in [-0.1, -0.05) is 60.6 Å². The minimum absolute atomic E-state index is 0.0458. The number of carboxylic acid groups (broad SMARTS) is 1. The second-order valence-electron chi connectivity index (χ2n) is 19.6. The van der Waals surface area contributed by atoms with E-state index >= 15 is 0 Å². The quantitative estimate of drug-likeness (QED) is 0.194. The van der Waals surface area contributed by atoms with Gasteiger partial charge in [0.2, 0.25) is 0 Å². The molecule has 7 heteroatoms. The Labute approximate surface area is 291 Å². The molecule has 5 fully saturated rings. The average Bonchev–Trinajstić information content (AvgIpc) is 3.34. The zero-order valence-electron chi connectivity index (χ0n) is 32.0. The molecule has 1 N–H and O–H groups in total. The second kappa shape index (κ2) is 12.6. The summed E-state index contributed by atoms with van der Waals surface area (Å²) in [7, 11) is 3.50. The molecular weight excluding hydrogens is 602 g/mol. The molecule has 0 aromatic carbocycles. The maximum Gasteiger partial charge on any atom is 0.409 e. The number of nitrogens with zero attached hydrogens (tertiary/aromatic N) is 1. The van der Waals surface area contributed by atoms with Crippen molar-refractivity contribution in [1.82, 2.24) is 4.90 Å². The Balaban J connectivity index is 1.37. The lowest BCUT2D eigenvalue weighted by atomic mass is 9.32. The highest BCUT2D eigenvalue weighted by Crippen LogP contribution is 2.78. The summed E-state index contributed by atoms with van der Waals surface area (Å²) in [6, 6.07) is 0. The van der Waals surface area contributed by atoms with E-state index in [0.29, 0.717) is 36.2 Å². The predicted molar refractivity (Wildman–Crippen MR) is 189 cm³/mol. The van der Waals surface area contributed by atoms with Crippen LogP contribution in [0.15, 0.2) is 12.2 Å². The van der Waals surface area contributed by atoms with E-state index in [1.54, 1.807) is 14.1 Å². The molecule has 0 saturated heterocycles. The Morgan fingerprint density at radius 2 is 1.54 bits per heavy atom. The van der Waals surface area contributed by atoms with Crippen LogP contribution in [-0.4, -0.2) is 54.8 Å². The van der Waals surface area contributed by atoms with Gasteiger partial charge < -0.3 is 19.5 Å². The van der Waals surface area contributed by atoms with Gasteiger partial charge in [-0.15, -0.1) is 0 Å². The van der Waals surface area contributed by atoms with Crippen molar-refractivity contribution in [2.45, 2.75) is 145 Å². The molecule has 0 aromatic rings. The van der Waals surface area contributed by atoms with Crippen LogP contribution in [0.1, 0.15) is 139 Å². The van der Waals surface area contributed by atoms with Crippen LogP contribution < -0.4 is 0 Å². The van der Waals surface area contributed by atoms with Crippen molar-refractivity contribution in [2.75, 3.05) is 20.7 Å². The number of esters is 1. The fourth-order valence-corrected chi connectivity index (χ4v) is 13.4. The summed E-state index contributed by atoms with van der Waals surface area (Å²) in [5.41, 5.74) is 1.41. The van der Waals surface area contributed by atoms with Gasteiger partial charge in [-0.3, -0.25) is 9.59 Å². The van der Waals surface area contributed by atoms with Crippen LogP contribution in [0.2, 0.25) is 0 Å². The molecule has 5 aliphatic carbocycles. The van der Waals surface area contributed by atoms with Gasteiger partial charge in [-0.2, -0.15) is 0 Å². The van der Waals surface area contributed by atoms with Gasteiger partial charge in [-0.05, 0) is 134 Å². The molecule has 0 unspecified atom stereocenters. The van der Waals surface area contributed by atoms with Crippen molar-refractivity contribution in [3.8, 4) is 0 Å². The summed E-state index contributed by atoms with van der Waals surface area (Å²) in [5.74, 6) is 1.71. The first-order valence-corrected chi connectivity index (χ1v) is 19.0. The monoisotopic (exact) mass is 669 g/mol. The SMILES string of the molecule is C=C(C)[C@@H]1CC[C@]2(CCOC(=O)N(C)C)CC[C@]3(C)[C@H](CC[C@@H]4[C@@]5(C)CC[C@H](OC(=O)CC(C)(C)CC(=O)O)C(C)(C)[C@@H]5CC[C@]43C)[C@@H]12. The number of carboxylic acids is 1. The number of fused-ring (bicyclic) bond motifs is 7. The van der Waals surface area contributed by atoms with Crippen LogP contribution in [0.5, 0.6) is 0 Å². The number of rotatable bonds is 9. The number of aliphatic carboxylic acids is 1. The van der Waals surface area contributed by atoms with Crippen LogP contribution in [0, 0.1) is 62.1 Å². The van der Waals surface area contributed by atoms with Gasteiger partial charge in [0.1, 0.15) is 6.10 Å². The Morgan fingerprint density at radius 1 is 0.854 bits per heavy atom. The van der Waals surface area contributed by atoms with E-state index in [1.165, 1.54) is 55.4 Å². The van der Waals surface area contributed by atoms with Crippen LogP contribution in [-0.2, 0) is 19.1 Å². The van der Waals surface area contributed by atoms with E-state index in [-0.39, 0.29) is 58.1 Å². The van der Waals surface area contributed by atoms with Gasteiger partial charge in [0.25, 0.3) is 0 Å². The average molecular weight is 670 g/mol. The summed E-state index contributed by atoms with van der Waals surface area (Å²) in [5, 5.41) is 9.32. The van der Waals surface area contributed by atoms with Crippen molar-refractivity contribution in [3.05, 3.63) is 12.2 Å². The van der Waals surface area contributed by atoms with Crippen LogP contribution in [0.25, 0.3) is 0 Å². The minimum atomic E-state index is -0.882. The molecule has 1 amide bonds. The molecule has 48 heavy (non-hydrogen) atoms. The number of ether oxygens (including phenoxy) is 2. The molecule has 5 saturated carbocycles. The van der Waals surface area contributed by atoms with Crippen molar-refractivity contribution in [3.63, 3.8) is 0 Å². The number of carbonyl (C=O) groups is 3. The number of hydrogen-bond donors (Lipinski definition) is 1. The highest BCUT2D eigenvalue weighted by atomic mass is 16.6. The molecule has 0 aromatic heterocycles. The largest absolute Gasteiger partial charge is 0.481 e. The zero-order chi connectivity index (χ0) is 35.7. The molecule has 0 bridgehead atoms. The number of carbonyl (C=O) groups excluding carboxylic acids is 2. The van der Waals surface area contributed by atoms with E-state index in [4.69, 9.17) is 9.47 Å². The van der Waals surface area contributed by atoms with Gasteiger partial charge in [0, 0.05) is 19.5 Å². The van der Waals surface area contributed by atoms with Crippen molar-refractivity contribution >= 4 is 18.0 Å². The Morgan fingerprint density at radius 3 is 2.17 bits per heavy atom. The van der Waals surface area contributed by atoms with Crippen molar-refractivity contribution in [1.29, 1.82) is 0 Å². The third-order valence-electron chi connectivity index (χ3n) is 15.9. The molecular formula is C41H67NO6. The molecule has 5 aliphatic rings. The molecule has 0 spiro atoms. The van der Waals surface area contributed by atoms with Gasteiger partial charge >= 0.3 is 18.0 Å². The highest BCUT2D eigenvalue weighted by Gasteiger charge is 2.71. The predicted octanol–water partition coefficient (Wildman–Crippen LogP) is 9.54. The third kappa shape index (κ3) is 6.03. The van der Waals surface area contributed by atoms with E-state index < -0.39 is 11.4 Å². The summed E-state index contributed by atoms with van der Waals surface area (Å²) >= 11 is 0. The second-order valence-corrected chi connectivity index (χ2v) is 19.6. The first kappa shape index (κ1) is 37.2. The summed E-state index contributed by atoms with van der Waals surface area (Å²) in [6.07, 6.45) is 12.3. The van der Waals surface area contributed by atoms with E-state index in [1.807, 2.05) is 13.8 Å². The maximum atomic E-state index is 13.2. The lowest BCUT2D eigenvalue weighted by Gasteiger charge is -2.73. The fraction of sp³-hybridized carbons (Fsp3) is 0.878. The Hall–Kier alpha value is -2.05. The first-order valence-electron chi connectivity index (χ1n) is 19.0. The van der Waals surface area contributed by atoms with E-state index in [2.05, 4.69) is 48.1 Å². The fourth-order valence-electron chi connectivity index (χ4n) is 13.4. The first-order chi connectivity index (χ1) is 22.1. The van der Waals surface area contributed by atoms with Crippen molar-refractivity contribution < 1.29 is 29.0 Å². The number of hydrogen-bond acceptors (Lipinski definition) is 5. The molecule has 0 radical (unpaired) electrons.